The molecule has 0 bridgehead atoms. The van der Waals surface area contributed by atoms with Crippen LogP contribution < -0.4 is 5.32 Å². The number of carbonyl (C=O) groups is 2. The van der Waals surface area contributed by atoms with Crippen molar-refractivity contribution in [2.75, 3.05) is 25.0 Å². The van der Waals surface area contributed by atoms with Gasteiger partial charge in [0.2, 0.25) is 10.0 Å². The molecule has 174 valence electrons. The highest BCUT2D eigenvalue weighted by atomic mass is 35.5. The predicted octanol–water partition coefficient (Wildman–Crippen LogP) is 4.18. The number of anilines is 1. The lowest BCUT2D eigenvalue weighted by Gasteiger charge is -2.18. The van der Waals surface area contributed by atoms with Gasteiger partial charge in [0.25, 0.3) is 5.91 Å². The van der Waals surface area contributed by atoms with Gasteiger partial charge in [-0.1, -0.05) is 25.4 Å². The zero-order valence-corrected chi connectivity index (χ0v) is 18.6. The average molecular weight is 493 g/mol. The van der Waals surface area contributed by atoms with E-state index in [9.17, 15) is 31.2 Å². The first kappa shape index (κ1) is 25.6. The van der Waals surface area contributed by atoms with E-state index in [-0.39, 0.29) is 34.3 Å². The molecule has 32 heavy (non-hydrogen) atoms. The van der Waals surface area contributed by atoms with Crippen molar-refractivity contribution in [2.45, 2.75) is 24.9 Å². The highest BCUT2D eigenvalue weighted by molar-refractivity contribution is 7.89. The van der Waals surface area contributed by atoms with Crippen molar-refractivity contribution in [3.05, 3.63) is 58.6 Å². The minimum absolute atomic E-state index is 0.00492. The van der Waals surface area contributed by atoms with Crippen LogP contribution in [0.25, 0.3) is 0 Å². The van der Waals surface area contributed by atoms with Gasteiger partial charge in [-0.25, -0.2) is 13.2 Å². The number of hydrogen-bond acceptors (Lipinski definition) is 5. The number of rotatable bonds is 8. The Morgan fingerprint density at radius 3 is 2.19 bits per heavy atom. The maximum Gasteiger partial charge on any atom is 0.416 e. The third-order valence-electron chi connectivity index (χ3n) is 4.34. The first-order valence-corrected chi connectivity index (χ1v) is 11.2. The van der Waals surface area contributed by atoms with Gasteiger partial charge in [0, 0.05) is 13.1 Å². The molecule has 1 amide bonds. The van der Waals surface area contributed by atoms with Crippen molar-refractivity contribution in [3.63, 3.8) is 0 Å². The lowest BCUT2D eigenvalue weighted by Crippen LogP contribution is -2.30. The number of alkyl halides is 3. The molecule has 1 N–H and O–H groups in total. The summed E-state index contributed by atoms with van der Waals surface area (Å²) in [6.07, 6.45) is -4.62. The molecule has 0 unspecified atom stereocenters. The number of carbonyl (C=O) groups excluding carboxylic acids is 2. The molecule has 0 fully saturated rings. The zero-order valence-electron chi connectivity index (χ0n) is 17.1. The summed E-state index contributed by atoms with van der Waals surface area (Å²) in [5.74, 6) is -1.82. The molecule has 2 rings (SSSR count). The van der Waals surface area contributed by atoms with Crippen LogP contribution in [0.5, 0.6) is 0 Å². The maximum absolute atomic E-state index is 12.8. The van der Waals surface area contributed by atoms with Gasteiger partial charge in [0.15, 0.2) is 6.61 Å². The molecule has 0 heterocycles. The maximum atomic E-state index is 12.8. The Balaban J connectivity index is 2.02. The number of sulfonamides is 1. The van der Waals surface area contributed by atoms with E-state index < -0.39 is 40.2 Å². The molecule has 0 aliphatic carbocycles. The molecular formula is C20H20ClF3N2O5S. The first-order chi connectivity index (χ1) is 14.9. The number of hydrogen-bond donors (Lipinski definition) is 1. The third kappa shape index (κ3) is 6.21. The minimum atomic E-state index is -4.62. The van der Waals surface area contributed by atoms with Crippen molar-refractivity contribution in [2.24, 2.45) is 0 Å². The second-order valence-corrected chi connectivity index (χ2v) is 8.78. The summed E-state index contributed by atoms with van der Waals surface area (Å²) < 4.78 is 69.4. The fraction of sp³-hybridized carbons (Fsp3) is 0.300. The summed E-state index contributed by atoms with van der Waals surface area (Å²) in [6.45, 7) is 3.18. The Hall–Kier alpha value is -2.63. The van der Waals surface area contributed by atoms with Crippen molar-refractivity contribution in [3.8, 4) is 0 Å². The highest BCUT2D eigenvalue weighted by Crippen LogP contribution is 2.33. The van der Waals surface area contributed by atoms with Crippen LogP contribution in [-0.4, -0.2) is 44.3 Å². The molecule has 0 aromatic heterocycles. The number of nitrogens with one attached hydrogen (secondary N) is 1. The number of halogens is 4. The SMILES string of the molecule is CCN(CC)S(=O)(=O)c1ccc(C(=O)OCC(=O)Nc2cc(C(F)(F)F)ccc2Cl)cc1. The van der Waals surface area contributed by atoms with E-state index in [4.69, 9.17) is 16.3 Å². The number of ether oxygens (including phenoxy) is 1. The summed E-state index contributed by atoms with van der Waals surface area (Å²) in [5.41, 5.74) is -1.30. The molecular weight excluding hydrogens is 473 g/mol. The highest BCUT2D eigenvalue weighted by Gasteiger charge is 2.31. The zero-order chi connectivity index (χ0) is 24.1. The second-order valence-electron chi connectivity index (χ2n) is 6.43. The van der Waals surface area contributed by atoms with Crippen molar-refractivity contribution in [1.82, 2.24) is 4.31 Å². The largest absolute Gasteiger partial charge is 0.452 e. The normalized spacial score (nSPS) is 12.0. The molecule has 0 spiro atoms. The van der Waals surface area contributed by atoms with E-state index in [1.165, 1.54) is 28.6 Å². The molecule has 2 aromatic rings. The van der Waals surface area contributed by atoms with Crippen molar-refractivity contribution in [1.29, 1.82) is 0 Å². The van der Waals surface area contributed by atoms with E-state index in [1.807, 2.05) is 0 Å². The summed E-state index contributed by atoms with van der Waals surface area (Å²) in [6, 6.07) is 7.37. The Morgan fingerprint density at radius 1 is 1.06 bits per heavy atom. The Morgan fingerprint density at radius 2 is 1.66 bits per heavy atom. The lowest BCUT2D eigenvalue weighted by molar-refractivity contribution is -0.137. The number of amides is 1. The molecule has 0 saturated heterocycles. The van der Waals surface area contributed by atoms with Gasteiger partial charge >= 0.3 is 12.1 Å². The van der Waals surface area contributed by atoms with Gasteiger partial charge < -0.3 is 10.1 Å². The second kappa shape index (κ2) is 10.3. The van der Waals surface area contributed by atoms with Crippen LogP contribution in [0.3, 0.4) is 0 Å². The topological polar surface area (TPSA) is 92.8 Å². The van der Waals surface area contributed by atoms with Crippen LogP contribution >= 0.6 is 11.6 Å². The quantitative estimate of drug-likeness (QED) is 0.558. The Labute approximate surface area is 188 Å². The number of nitrogens with zero attached hydrogens (tertiary/aromatic N) is 1. The van der Waals surface area contributed by atoms with E-state index in [0.717, 1.165) is 12.1 Å². The van der Waals surface area contributed by atoms with E-state index >= 15 is 0 Å². The summed E-state index contributed by atoms with van der Waals surface area (Å²) >= 11 is 5.80. The van der Waals surface area contributed by atoms with Gasteiger partial charge in [-0.2, -0.15) is 17.5 Å². The van der Waals surface area contributed by atoms with Gasteiger partial charge in [0.05, 0.1) is 26.7 Å². The smallest absolute Gasteiger partial charge is 0.416 e. The van der Waals surface area contributed by atoms with E-state index in [2.05, 4.69) is 5.32 Å². The molecule has 0 radical (unpaired) electrons. The van der Waals surface area contributed by atoms with Gasteiger partial charge in [0.1, 0.15) is 0 Å². The molecule has 0 aliphatic rings. The standard InChI is InChI=1S/C20H20ClF3N2O5S/c1-3-26(4-2)32(29,30)15-8-5-13(6-9-15)19(28)31-12-18(27)25-17-11-14(20(22,23)24)7-10-16(17)21/h5-11H,3-4,12H2,1-2H3,(H,25,27). The Kier molecular flexibility index (Phi) is 8.27. The van der Waals surface area contributed by atoms with Gasteiger partial charge in [-0.3, -0.25) is 4.79 Å². The fourth-order valence-electron chi connectivity index (χ4n) is 2.67. The van der Waals surface area contributed by atoms with Crippen LogP contribution in [0, 0.1) is 0 Å². The third-order valence-corrected chi connectivity index (χ3v) is 6.73. The first-order valence-electron chi connectivity index (χ1n) is 9.34. The fourth-order valence-corrected chi connectivity index (χ4v) is 4.30. The number of benzene rings is 2. The molecule has 7 nitrogen and oxygen atoms in total. The molecule has 0 aliphatic heterocycles. The Bertz CT molecular complexity index is 1090. The lowest BCUT2D eigenvalue weighted by atomic mass is 10.2. The van der Waals surface area contributed by atoms with Gasteiger partial charge in [-0.15, -0.1) is 0 Å². The molecule has 12 heteroatoms. The van der Waals surface area contributed by atoms with Crippen LogP contribution in [0.15, 0.2) is 47.4 Å². The summed E-state index contributed by atoms with van der Waals surface area (Å²) in [5, 5.41) is 2.03. The van der Waals surface area contributed by atoms with Crippen LogP contribution in [0.2, 0.25) is 5.02 Å². The van der Waals surface area contributed by atoms with E-state index in [1.54, 1.807) is 13.8 Å². The molecule has 2 aromatic carbocycles. The monoisotopic (exact) mass is 492 g/mol. The number of esters is 1. The van der Waals surface area contributed by atoms with Crippen LogP contribution in [0.4, 0.5) is 18.9 Å². The average Bonchev–Trinajstić information content (AvgIpc) is 2.73. The van der Waals surface area contributed by atoms with Crippen LogP contribution in [0.1, 0.15) is 29.8 Å². The van der Waals surface area contributed by atoms with E-state index in [0.29, 0.717) is 6.07 Å². The minimum Gasteiger partial charge on any atom is -0.452 e. The predicted molar refractivity (Wildman–Crippen MR) is 112 cm³/mol. The summed E-state index contributed by atoms with van der Waals surface area (Å²) in [4.78, 5) is 24.1. The van der Waals surface area contributed by atoms with Crippen molar-refractivity contribution >= 4 is 39.2 Å². The van der Waals surface area contributed by atoms with Crippen molar-refractivity contribution < 1.29 is 35.9 Å². The summed E-state index contributed by atoms with van der Waals surface area (Å²) in [7, 11) is -3.70. The molecule has 0 saturated carbocycles. The molecule has 0 atom stereocenters. The van der Waals surface area contributed by atoms with Crippen LogP contribution in [-0.2, 0) is 25.7 Å². The van der Waals surface area contributed by atoms with Gasteiger partial charge in [-0.05, 0) is 42.5 Å².